The summed E-state index contributed by atoms with van der Waals surface area (Å²) >= 11 is 0. The van der Waals surface area contributed by atoms with Crippen LogP contribution in [0.4, 0.5) is 0 Å². The molecule has 32 heavy (non-hydrogen) atoms. The van der Waals surface area contributed by atoms with Crippen molar-refractivity contribution in [3.05, 3.63) is 90.1 Å². The maximum absolute atomic E-state index is 13.1. The van der Waals surface area contributed by atoms with Crippen molar-refractivity contribution in [3.8, 4) is 11.4 Å². The molecule has 2 aromatic heterocycles. The molecule has 1 atom stereocenters. The zero-order valence-electron chi connectivity index (χ0n) is 17.3. The Morgan fingerprint density at radius 2 is 2.03 bits per heavy atom. The number of carbonyl (C=O) groups is 1. The fraction of sp³-hybridized carbons (Fsp3) is 0.174. The maximum Gasteiger partial charge on any atom is 0.281 e. The molecule has 9 heteroatoms. The third kappa shape index (κ3) is 4.00. The molecule has 0 spiro atoms. The quantitative estimate of drug-likeness (QED) is 0.467. The summed E-state index contributed by atoms with van der Waals surface area (Å²) in [6.07, 6.45) is 3.66. The van der Waals surface area contributed by atoms with Gasteiger partial charge in [-0.3, -0.25) is 4.79 Å². The van der Waals surface area contributed by atoms with Crippen LogP contribution in [-0.2, 0) is 4.79 Å². The number of benzene rings is 2. The minimum atomic E-state index is -0.315. The van der Waals surface area contributed by atoms with Gasteiger partial charge in [0.05, 0.1) is 17.7 Å². The molecule has 0 N–H and O–H groups in total. The molecule has 0 unspecified atom stereocenters. The van der Waals surface area contributed by atoms with E-state index >= 15 is 0 Å². The van der Waals surface area contributed by atoms with Gasteiger partial charge in [0.15, 0.2) is 6.61 Å². The molecule has 0 saturated carbocycles. The zero-order valence-corrected chi connectivity index (χ0v) is 17.3. The Morgan fingerprint density at radius 3 is 2.78 bits per heavy atom. The highest BCUT2D eigenvalue weighted by molar-refractivity contribution is 6.03. The van der Waals surface area contributed by atoms with Gasteiger partial charge < -0.3 is 9.15 Å². The van der Waals surface area contributed by atoms with Gasteiger partial charge in [0, 0.05) is 12.5 Å². The van der Waals surface area contributed by atoms with Crippen LogP contribution in [0.1, 0.15) is 29.3 Å². The number of carbonyl (C=O) groups excluding carboxylic acids is 1. The number of aryl methyl sites for hydroxylation is 1. The number of tetrazole rings is 1. The summed E-state index contributed by atoms with van der Waals surface area (Å²) in [7, 11) is 0. The van der Waals surface area contributed by atoms with E-state index in [1.807, 2.05) is 55.5 Å². The minimum absolute atomic E-state index is 0.166. The molecule has 1 aliphatic heterocycles. The molecule has 1 aliphatic rings. The van der Waals surface area contributed by atoms with Crippen LogP contribution in [0.5, 0.6) is 5.75 Å². The van der Waals surface area contributed by atoms with E-state index in [-0.39, 0.29) is 18.6 Å². The molecular formula is C23H20N6O3. The standard InChI is InChI=1S/C23H20N6O3/c1-16-7-9-17(10-8-16)20-13-21(22-6-3-11-31-22)29(25-20)23(30)14-32-19-5-2-4-18(12-19)28-15-24-26-27-28/h2-12,15,21H,13-14H2,1H3/t21-/m0/s1. The summed E-state index contributed by atoms with van der Waals surface area (Å²) < 4.78 is 12.9. The van der Waals surface area contributed by atoms with Crippen molar-refractivity contribution in [2.75, 3.05) is 6.61 Å². The molecule has 2 aromatic carbocycles. The van der Waals surface area contributed by atoms with Crippen molar-refractivity contribution >= 4 is 11.6 Å². The fourth-order valence-electron chi connectivity index (χ4n) is 3.57. The van der Waals surface area contributed by atoms with Gasteiger partial charge in [0.25, 0.3) is 5.91 Å². The van der Waals surface area contributed by atoms with Gasteiger partial charge >= 0.3 is 0 Å². The van der Waals surface area contributed by atoms with E-state index in [9.17, 15) is 4.79 Å². The van der Waals surface area contributed by atoms with Gasteiger partial charge in [-0.25, -0.2) is 9.69 Å². The fourth-order valence-corrected chi connectivity index (χ4v) is 3.57. The SMILES string of the molecule is Cc1ccc(C2=NN(C(=O)COc3cccc(-n4cnnn4)c3)[C@H](c3ccco3)C2)cc1. The zero-order chi connectivity index (χ0) is 21.9. The molecule has 3 heterocycles. The number of aromatic nitrogens is 4. The van der Waals surface area contributed by atoms with Crippen LogP contribution in [0.25, 0.3) is 5.69 Å². The predicted molar refractivity (Wildman–Crippen MR) is 115 cm³/mol. The number of rotatable bonds is 6. The summed E-state index contributed by atoms with van der Waals surface area (Å²) in [5.74, 6) is 0.953. The Balaban J connectivity index is 1.34. The van der Waals surface area contributed by atoms with Gasteiger partial charge in [0.2, 0.25) is 0 Å². The molecule has 9 nitrogen and oxygen atoms in total. The van der Waals surface area contributed by atoms with E-state index in [2.05, 4.69) is 20.6 Å². The molecular weight excluding hydrogens is 408 g/mol. The lowest BCUT2D eigenvalue weighted by atomic mass is 10.0. The van der Waals surface area contributed by atoms with Crippen molar-refractivity contribution in [3.63, 3.8) is 0 Å². The number of furan rings is 1. The molecule has 0 saturated heterocycles. The Labute approximate surface area is 183 Å². The van der Waals surface area contributed by atoms with E-state index in [1.165, 1.54) is 21.6 Å². The molecule has 160 valence electrons. The van der Waals surface area contributed by atoms with Gasteiger partial charge in [-0.05, 0) is 47.2 Å². The number of hydrogen-bond donors (Lipinski definition) is 0. The van der Waals surface area contributed by atoms with Gasteiger partial charge in [-0.2, -0.15) is 5.10 Å². The number of nitrogens with zero attached hydrogens (tertiary/aromatic N) is 6. The summed E-state index contributed by atoms with van der Waals surface area (Å²) in [4.78, 5) is 13.1. The van der Waals surface area contributed by atoms with Crippen LogP contribution in [-0.4, -0.2) is 43.4 Å². The first-order valence-corrected chi connectivity index (χ1v) is 10.1. The van der Waals surface area contributed by atoms with Crippen LogP contribution in [0.3, 0.4) is 0 Å². The van der Waals surface area contributed by atoms with Gasteiger partial charge in [-0.15, -0.1) is 5.10 Å². The highest BCUT2D eigenvalue weighted by Gasteiger charge is 2.35. The second-order valence-corrected chi connectivity index (χ2v) is 7.43. The predicted octanol–water partition coefficient (Wildman–Crippen LogP) is 3.32. The third-order valence-corrected chi connectivity index (χ3v) is 5.22. The van der Waals surface area contributed by atoms with Gasteiger partial charge in [0.1, 0.15) is 23.9 Å². The number of hydrogen-bond acceptors (Lipinski definition) is 7. The topological polar surface area (TPSA) is 98.6 Å². The lowest BCUT2D eigenvalue weighted by Crippen LogP contribution is -2.31. The monoisotopic (exact) mass is 428 g/mol. The number of amides is 1. The highest BCUT2D eigenvalue weighted by Crippen LogP contribution is 2.33. The molecule has 1 amide bonds. The molecule has 0 bridgehead atoms. The molecule has 0 aliphatic carbocycles. The summed E-state index contributed by atoms with van der Waals surface area (Å²) in [5.41, 5.74) is 3.72. The highest BCUT2D eigenvalue weighted by atomic mass is 16.5. The van der Waals surface area contributed by atoms with Crippen LogP contribution < -0.4 is 4.74 Å². The van der Waals surface area contributed by atoms with E-state index in [1.54, 1.807) is 18.4 Å². The van der Waals surface area contributed by atoms with Crippen molar-refractivity contribution in [2.45, 2.75) is 19.4 Å². The van der Waals surface area contributed by atoms with Crippen molar-refractivity contribution in [1.82, 2.24) is 25.2 Å². The maximum atomic E-state index is 13.1. The Morgan fingerprint density at radius 1 is 1.16 bits per heavy atom. The average molecular weight is 428 g/mol. The summed E-state index contributed by atoms with van der Waals surface area (Å²) in [6, 6.07) is 18.6. The first-order chi connectivity index (χ1) is 15.7. The van der Waals surface area contributed by atoms with E-state index in [0.29, 0.717) is 17.9 Å². The average Bonchev–Trinajstić information content (AvgIpc) is 3.59. The van der Waals surface area contributed by atoms with Crippen LogP contribution in [0, 0.1) is 6.92 Å². The Hall–Kier alpha value is -4.27. The first-order valence-electron chi connectivity index (χ1n) is 10.1. The lowest BCUT2D eigenvalue weighted by molar-refractivity contribution is -0.135. The second kappa shape index (κ2) is 8.46. The smallest absolute Gasteiger partial charge is 0.281 e. The molecule has 0 radical (unpaired) electrons. The lowest BCUT2D eigenvalue weighted by Gasteiger charge is -2.20. The summed E-state index contributed by atoms with van der Waals surface area (Å²) in [6.45, 7) is 1.87. The number of hydrazone groups is 1. The van der Waals surface area contributed by atoms with Crippen LogP contribution in [0.2, 0.25) is 0 Å². The van der Waals surface area contributed by atoms with Crippen molar-refractivity contribution in [2.24, 2.45) is 5.10 Å². The minimum Gasteiger partial charge on any atom is -0.484 e. The van der Waals surface area contributed by atoms with Crippen molar-refractivity contribution in [1.29, 1.82) is 0 Å². The van der Waals surface area contributed by atoms with E-state index in [4.69, 9.17) is 9.15 Å². The normalized spacial score (nSPS) is 15.6. The van der Waals surface area contributed by atoms with Crippen LogP contribution in [0.15, 0.2) is 82.8 Å². The molecule has 4 aromatic rings. The van der Waals surface area contributed by atoms with E-state index < -0.39 is 0 Å². The molecule has 0 fully saturated rings. The van der Waals surface area contributed by atoms with Gasteiger partial charge in [-0.1, -0.05) is 35.9 Å². The third-order valence-electron chi connectivity index (χ3n) is 5.22. The summed E-state index contributed by atoms with van der Waals surface area (Å²) in [5, 5.41) is 17.2. The van der Waals surface area contributed by atoms with Crippen LogP contribution >= 0.6 is 0 Å². The van der Waals surface area contributed by atoms with Crippen molar-refractivity contribution < 1.29 is 13.9 Å². The molecule has 5 rings (SSSR count). The van der Waals surface area contributed by atoms with E-state index in [0.717, 1.165) is 17.0 Å². The second-order valence-electron chi connectivity index (χ2n) is 7.43. The number of ether oxygens (including phenoxy) is 1. The Kier molecular flexibility index (Phi) is 5.20. The Bertz CT molecular complexity index is 1230. The largest absolute Gasteiger partial charge is 0.484 e. The first kappa shape index (κ1) is 19.7.